The molecular weight excluding hydrogens is 322 g/mol. The highest BCUT2D eigenvalue weighted by Gasteiger charge is 2.40. The van der Waals surface area contributed by atoms with Crippen molar-refractivity contribution < 1.29 is 0 Å². The predicted octanol–water partition coefficient (Wildman–Crippen LogP) is 8.10. The lowest BCUT2D eigenvalue weighted by molar-refractivity contribution is 0.772. The molecule has 0 aromatic heterocycles. The molecule has 0 unspecified atom stereocenters. The monoisotopic (exact) mass is 371 g/mol. The summed E-state index contributed by atoms with van der Waals surface area (Å²) in [4.78, 5) is 0. The van der Waals surface area contributed by atoms with Gasteiger partial charge in [-0.25, -0.2) is 0 Å². The first-order valence-corrected chi connectivity index (χ1v) is 16.6. The Morgan fingerprint density at radius 1 is 0.417 bits per heavy atom. The van der Waals surface area contributed by atoms with E-state index in [9.17, 15) is 0 Å². The predicted molar refractivity (Wildman–Crippen MR) is 119 cm³/mol. The number of nitrogens with one attached hydrogen (secondary N) is 1. The number of hydrogen-bond donors (Lipinski definition) is 1. The van der Waals surface area contributed by atoms with Crippen LogP contribution in [0.2, 0.25) is 36.3 Å². The highest BCUT2D eigenvalue weighted by atomic mass is 28.4. The lowest BCUT2D eigenvalue weighted by atomic mass is 10.4. The molecule has 0 atom stereocenters. The third kappa shape index (κ3) is 9.19. The second-order valence-electron chi connectivity index (χ2n) is 8.25. The van der Waals surface area contributed by atoms with Gasteiger partial charge in [0.15, 0.2) is 0 Å². The molecule has 0 bridgehead atoms. The molecule has 146 valence electrons. The normalized spacial score (nSPS) is 12.8. The summed E-state index contributed by atoms with van der Waals surface area (Å²) >= 11 is 0. The van der Waals surface area contributed by atoms with Gasteiger partial charge in [-0.3, -0.25) is 0 Å². The Labute approximate surface area is 157 Å². The molecule has 3 heteroatoms. The van der Waals surface area contributed by atoms with Crippen molar-refractivity contribution in [2.75, 3.05) is 0 Å². The molecular formula is C21H49NSi2. The van der Waals surface area contributed by atoms with Crippen molar-refractivity contribution >= 4 is 16.5 Å². The minimum absolute atomic E-state index is 1.27. The Morgan fingerprint density at radius 3 is 0.958 bits per heavy atom. The zero-order valence-electron chi connectivity index (χ0n) is 18.1. The zero-order valence-corrected chi connectivity index (χ0v) is 20.1. The molecule has 0 heterocycles. The van der Waals surface area contributed by atoms with Crippen LogP contribution in [0.4, 0.5) is 0 Å². The van der Waals surface area contributed by atoms with E-state index in [-0.39, 0.29) is 0 Å². The van der Waals surface area contributed by atoms with Crippen molar-refractivity contribution in [3.05, 3.63) is 0 Å². The zero-order chi connectivity index (χ0) is 18.3. The number of unbranched alkanes of at least 4 members (excludes halogenated alkanes) is 3. The minimum Gasteiger partial charge on any atom is -0.359 e. The molecule has 0 amide bonds. The molecule has 0 rings (SSSR count). The van der Waals surface area contributed by atoms with Gasteiger partial charge in [-0.15, -0.1) is 0 Å². The van der Waals surface area contributed by atoms with Crippen LogP contribution in [-0.4, -0.2) is 16.5 Å². The summed E-state index contributed by atoms with van der Waals surface area (Å²) in [5.74, 6) is 0. The summed E-state index contributed by atoms with van der Waals surface area (Å²) in [6.45, 7) is 14.4. The molecule has 0 spiro atoms. The molecule has 0 fully saturated rings. The molecule has 0 aliphatic heterocycles. The van der Waals surface area contributed by atoms with Gasteiger partial charge in [0.1, 0.15) is 16.5 Å². The summed E-state index contributed by atoms with van der Waals surface area (Å²) < 4.78 is 4.67. The van der Waals surface area contributed by atoms with Gasteiger partial charge >= 0.3 is 0 Å². The SMILES string of the molecule is CCCC[Si](CCCC)(CCCC)N[Si](CCC)(CCC)CCC. The van der Waals surface area contributed by atoms with E-state index >= 15 is 0 Å². The molecule has 1 N–H and O–H groups in total. The van der Waals surface area contributed by atoms with Crippen molar-refractivity contribution in [2.45, 2.75) is 136 Å². The van der Waals surface area contributed by atoms with E-state index in [1.54, 1.807) is 18.1 Å². The van der Waals surface area contributed by atoms with Gasteiger partial charge in [0.25, 0.3) is 0 Å². The van der Waals surface area contributed by atoms with Gasteiger partial charge in [-0.2, -0.15) is 0 Å². The first-order valence-electron chi connectivity index (χ1n) is 11.4. The second kappa shape index (κ2) is 14.6. The third-order valence-corrected chi connectivity index (χ3v) is 18.3. The van der Waals surface area contributed by atoms with E-state index in [4.69, 9.17) is 0 Å². The van der Waals surface area contributed by atoms with Crippen LogP contribution in [0.15, 0.2) is 0 Å². The number of rotatable bonds is 17. The maximum Gasteiger partial charge on any atom is 0.119 e. The summed E-state index contributed by atoms with van der Waals surface area (Å²) in [5.41, 5.74) is 0. The first kappa shape index (κ1) is 24.4. The van der Waals surface area contributed by atoms with Crippen molar-refractivity contribution in [2.24, 2.45) is 0 Å². The third-order valence-electron chi connectivity index (χ3n) is 5.74. The highest BCUT2D eigenvalue weighted by Crippen LogP contribution is 2.32. The van der Waals surface area contributed by atoms with Crippen LogP contribution in [0.1, 0.15) is 99.3 Å². The van der Waals surface area contributed by atoms with Crippen molar-refractivity contribution in [3.63, 3.8) is 0 Å². The van der Waals surface area contributed by atoms with E-state index in [1.807, 2.05) is 0 Å². The van der Waals surface area contributed by atoms with Crippen LogP contribution >= 0.6 is 0 Å². The fraction of sp³-hybridized carbons (Fsp3) is 1.00. The molecule has 0 aromatic rings. The number of hydrogen-bond acceptors (Lipinski definition) is 1. The van der Waals surface area contributed by atoms with E-state index in [0.717, 1.165) is 0 Å². The molecule has 0 aliphatic rings. The molecule has 0 saturated carbocycles. The summed E-state index contributed by atoms with van der Waals surface area (Å²) in [6.07, 6.45) is 12.7. The van der Waals surface area contributed by atoms with Gasteiger partial charge in [-0.05, 0) is 36.3 Å². The van der Waals surface area contributed by atoms with Gasteiger partial charge < -0.3 is 4.65 Å². The standard InChI is InChI=1S/C21H49NSi2/c1-7-13-19-24(20-14-8-2,21-15-9-3)22-23(16-10-4,17-11-5)18-12-6/h22H,7-21H2,1-6H3. The van der Waals surface area contributed by atoms with Gasteiger partial charge in [-0.1, -0.05) is 99.3 Å². The van der Waals surface area contributed by atoms with Crippen LogP contribution in [0, 0.1) is 0 Å². The Bertz CT molecular complexity index is 242. The summed E-state index contributed by atoms with van der Waals surface area (Å²) in [7, 11) is -2.56. The average molecular weight is 372 g/mol. The lowest BCUT2D eigenvalue weighted by Crippen LogP contribution is -2.64. The summed E-state index contributed by atoms with van der Waals surface area (Å²) in [6, 6.07) is 9.22. The van der Waals surface area contributed by atoms with E-state index in [2.05, 4.69) is 46.2 Å². The largest absolute Gasteiger partial charge is 0.359 e. The minimum atomic E-state index is -1.29. The Morgan fingerprint density at radius 2 is 0.708 bits per heavy atom. The molecule has 0 radical (unpaired) electrons. The quantitative estimate of drug-likeness (QED) is 0.255. The smallest absolute Gasteiger partial charge is 0.119 e. The van der Waals surface area contributed by atoms with Crippen LogP contribution in [0.5, 0.6) is 0 Å². The Kier molecular flexibility index (Phi) is 14.8. The van der Waals surface area contributed by atoms with Gasteiger partial charge in [0.05, 0.1) is 0 Å². The highest BCUT2D eigenvalue weighted by molar-refractivity contribution is 6.93. The molecule has 0 aromatic carbocycles. The molecule has 1 nitrogen and oxygen atoms in total. The summed E-state index contributed by atoms with van der Waals surface area (Å²) in [5, 5.41) is 0. The van der Waals surface area contributed by atoms with Crippen LogP contribution in [0.3, 0.4) is 0 Å². The van der Waals surface area contributed by atoms with E-state index in [1.165, 1.54) is 75.9 Å². The maximum absolute atomic E-state index is 4.67. The van der Waals surface area contributed by atoms with E-state index < -0.39 is 16.5 Å². The van der Waals surface area contributed by atoms with Gasteiger partial charge in [0.2, 0.25) is 0 Å². The van der Waals surface area contributed by atoms with Crippen LogP contribution in [0.25, 0.3) is 0 Å². The fourth-order valence-corrected chi connectivity index (χ4v) is 19.6. The maximum atomic E-state index is 4.67. The molecule has 24 heavy (non-hydrogen) atoms. The van der Waals surface area contributed by atoms with Crippen LogP contribution < -0.4 is 4.65 Å². The fourth-order valence-electron chi connectivity index (χ4n) is 4.67. The van der Waals surface area contributed by atoms with E-state index in [0.29, 0.717) is 0 Å². The second-order valence-corrected chi connectivity index (χ2v) is 17.4. The average Bonchev–Trinajstić information content (AvgIpc) is 2.57. The topological polar surface area (TPSA) is 12.0 Å². The van der Waals surface area contributed by atoms with Crippen LogP contribution in [-0.2, 0) is 0 Å². The Balaban J connectivity index is 5.47. The van der Waals surface area contributed by atoms with Gasteiger partial charge in [0, 0.05) is 0 Å². The van der Waals surface area contributed by atoms with Crippen molar-refractivity contribution in [3.8, 4) is 0 Å². The molecule has 0 aliphatic carbocycles. The lowest BCUT2D eigenvalue weighted by Gasteiger charge is -2.44. The first-order chi connectivity index (χ1) is 11.6. The molecule has 0 saturated heterocycles. The Hall–Kier alpha value is 0.394. The van der Waals surface area contributed by atoms with Crippen molar-refractivity contribution in [1.29, 1.82) is 0 Å². The van der Waals surface area contributed by atoms with Crippen molar-refractivity contribution in [1.82, 2.24) is 4.65 Å².